The lowest BCUT2D eigenvalue weighted by molar-refractivity contribution is -0.119. The number of hydrogen-bond donors (Lipinski definition) is 4. The molecule has 2 aromatic rings. The molecular formula is C31H44N6O3S. The van der Waals surface area contributed by atoms with Crippen molar-refractivity contribution in [2.24, 2.45) is 5.92 Å². The van der Waals surface area contributed by atoms with Crippen LogP contribution in [0.4, 0.5) is 17.1 Å². The van der Waals surface area contributed by atoms with E-state index in [1.807, 2.05) is 38.4 Å². The van der Waals surface area contributed by atoms with Gasteiger partial charge in [-0.2, -0.15) is 0 Å². The summed E-state index contributed by atoms with van der Waals surface area (Å²) in [6, 6.07) is 9.56. The van der Waals surface area contributed by atoms with Crippen molar-refractivity contribution in [3.8, 4) is 5.75 Å². The van der Waals surface area contributed by atoms with Crippen LogP contribution < -0.4 is 30.6 Å². The Morgan fingerprint density at radius 1 is 1.07 bits per heavy atom. The predicted octanol–water partition coefficient (Wildman–Crippen LogP) is 5.95. The number of carbonyl (C=O) groups excluding carboxylic acids is 2. The number of rotatable bonds is 9. The van der Waals surface area contributed by atoms with Gasteiger partial charge in [0, 0.05) is 25.4 Å². The highest BCUT2D eigenvalue weighted by Gasteiger charge is 2.27. The van der Waals surface area contributed by atoms with E-state index in [0.717, 1.165) is 22.5 Å². The van der Waals surface area contributed by atoms with Gasteiger partial charge in [-0.3, -0.25) is 19.6 Å². The molecule has 1 saturated carbocycles. The third-order valence-corrected chi connectivity index (χ3v) is 8.15. The van der Waals surface area contributed by atoms with Crippen LogP contribution in [-0.4, -0.2) is 43.8 Å². The lowest BCUT2D eigenvalue weighted by atomic mass is 9.86. The molecule has 4 N–H and O–H groups in total. The molecule has 9 nitrogen and oxygen atoms in total. The largest absolute Gasteiger partial charge is 0.492 e. The molecule has 0 saturated heterocycles. The Hall–Kier alpha value is -3.37. The normalized spacial score (nSPS) is 15.9. The quantitative estimate of drug-likeness (QED) is 0.270. The van der Waals surface area contributed by atoms with E-state index in [9.17, 15) is 9.59 Å². The summed E-state index contributed by atoms with van der Waals surface area (Å²) in [7, 11) is 3.41. The van der Waals surface area contributed by atoms with Gasteiger partial charge in [0.25, 0.3) is 11.8 Å². The Morgan fingerprint density at radius 3 is 2.44 bits per heavy atom. The van der Waals surface area contributed by atoms with Gasteiger partial charge in [-0.25, -0.2) is 0 Å². The fourth-order valence-electron chi connectivity index (χ4n) is 5.27. The van der Waals surface area contributed by atoms with E-state index in [4.69, 9.17) is 4.74 Å². The van der Waals surface area contributed by atoms with Crippen molar-refractivity contribution in [1.29, 1.82) is 0 Å². The van der Waals surface area contributed by atoms with Gasteiger partial charge in [0.1, 0.15) is 5.70 Å². The molecule has 0 unspecified atom stereocenters. The standard InChI is InChI=1S/C31H44N6O3S/c1-20-13-14-22(29(38)33-24-16-23(31(2,3)4)17-25(34-41-7)28(24)40-6)15-26(20)37-19-27(36(5)35-37)30(39)32-18-21-11-9-8-10-12-21/h13-17,19,21,34-35H,8-12,18H2,1-7H3,(H,32,39)(H,33,38). The molecule has 2 amide bonds. The lowest BCUT2D eigenvalue weighted by Gasteiger charge is -2.24. The topological polar surface area (TPSA) is 98.0 Å². The molecule has 222 valence electrons. The number of hydrazine groups is 2. The second kappa shape index (κ2) is 13.1. The summed E-state index contributed by atoms with van der Waals surface area (Å²) in [5.74, 6) is 0.757. The van der Waals surface area contributed by atoms with Crippen LogP contribution in [0.3, 0.4) is 0 Å². The number of carbonyl (C=O) groups is 2. The Balaban J connectivity index is 1.54. The van der Waals surface area contributed by atoms with Gasteiger partial charge in [-0.15, -0.1) is 5.53 Å². The second-order valence-electron chi connectivity index (χ2n) is 11.9. The van der Waals surface area contributed by atoms with Gasteiger partial charge in [0.15, 0.2) is 5.75 Å². The Bertz CT molecular complexity index is 1300. The van der Waals surface area contributed by atoms with Gasteiger partial charge in [-0.1, -0.05) is 58.0 Å². The molecule has 4 rings (SSSR count). The summed E-state index contributed by atoms with van der Waals surface area (Å²) in [4.78, 5) is 26.5. The van der Waals surface area contributed by atoms with E-state index in [-0.39, 0.29) is 17.2 Å². The Labute approximate surface area is 248 Å². The molecule has 1 fully saturated rings. The first kappa shape index (κ1) is 30.6. The fraction of sp³-hybridized carbons (Fsp3) is 0.484. The van der Waals surface area contributed by atoms with Crippen molar-refractivity contribution >= 4 is 40.8 Å². The first-order valence-corrected chi connectivity index (χ1v) is 15.5. The first-order chi connectivity index (χ1) is 19.5. The van der Waals surface area contributed by atoms with Crippen LogP contribution in [0.1, 0.15) is 74.4 Å². The number of ether oxygens (including phenoxy) is 1. The molecule has 0 aromatic heterocycles. The molecular weight excluding hydrogens is 536 g/mol. The highest BCUT2D eigenvalue weighted by molar-refractivity contribution is 7.99. The van der Waals surface area contributed by atoms with Crippen molar-refractivity contribution in [1.82, 2.24) is 15.9 Å². The number of amides is 2. The molecule has 0 bridgehead atoms. The molecule has 1 heterocycles. The summed E-state index contributed by atoms with van der Waals surface area (Å²) in [5, 5.41) is 9.66. The Kier molecular flexibility index (Phi) is 9.76. The number of nitrogens with one attached hydrogen (secondary N) is 4. The smallest absolute Gasteiger partial charge is 0.270 e. The molecule has 0 spiro atoms. The van der Waals surface area contributed by atoms with E-state index in [1.165, 1.54) is 44.1 Å². The van der Waals surface area contributed by atoms with E-state index in [0.29, 0.717) is 35.2 Å². The van der Waals surface area contributed by atoms with Crippen LogP contribution in [0, 0.1) is 12.8 Å². The maximum absolute atomic E-state index is 13.5. The van der Waals surface area contributed by atoms with Gasteiger partial charge < -0.3 is 20.1 Å². The monoisotopic (exact) mass is 580 g/mol. The number of anilines is 3. The van der Waals surface area contributed by atoms with Crippen molar-refractivity contribution in [3.63, 3.8) is 0 Å². The number of nitrogens with zero attached hydrogens (tertiary/aromatic N) is 2. The minimum atomic E-state index is -0.257. The summed E-state index contributed by atoms with van der Waals surface area (Å²) < 4.78 is 8.98. The highest BCUT2D eigenvalue weighted by atomic mass is 32.2. The summed E-state index contributed by atoms with van der Waals surface area (Å²) >= 11 is 1.46. The fourth-order valence-corrected chi connectivity index (χ4v) is 5.64. The minimum absolute atomic E-state index is 0.111. The molecule has 1 aliphatic heterocycles. The summed E-state index contributed by atoms with van der Waals surface area (Å²) in [6.45, 7) is 9.07. The maximum atomic E-state index is 13.5. The molecule has 2 aromatic carbocycles. The van der Waals surface area contributed by atoms with Gasteiger partial charge in [-0.05, 0) is 66.5 Å². The third kappa shape index (κ3) is 7.29. The van der Waals surface area contributed by atoms with Crippen molar-refractivity contribution < 1.29 is 14.3 Å². The average molecular weight is 581 g/mol. The predicted molar refractivity (Wildman–Crippen MR) is 169 cm³/mol. The van der Waals surface area contributed by atoms with Crippen LogP contribution in [0.5, 0.6) is 5.75 Å². The van der Waals surface area contributed by atoms with Crippen LogP contribution in [0.2, 0.25) is 0 Å². The van der Waals surface area contributed by atoms with E-state index >= 15 is 0 Å². The third-order valence-electron chi connectivity index (χ3n) is 7.73. The van der Waals surface area contributed by atoms with Gasteiger partial charge in [0.2, 0.25) is 0 Å². The van der Waals surface area contributed by atoms with Crippen molar-refractivity contribution in [2.45, 2.75) is 65.2 Å². The number of methoxy groups -OCH3 is 1. The molecule has 1 aliphatic carbocycles. The minimum Gasteiger partial charge on any atom is -0.492 e. The molecule has 0 atom stereocenters. The van der Waals surface area contributed by atoms with E-state index < -0.39 is 0 Å². The van der Waals surface area contributed by atoms with Crippen LogP contribution >= 0.6 is 11.9 Å². The first-order valence-electron chi connectivity index (χ1n) is 14.2. The number of benzene rings is 2. The van der Waals surface area contributed by atoms with E-state index in [1.54, 1.807) is 29.4 Å². The number of likely N-dealkylation sites (N-methyl/N-ethyl adjacent to an activating group) is 1. The molecule has 41 heavy (non-hydrogen) atoms. The summed E-state index contributed by atoms with van der Waals surface area (Å²) in [5.41, 5.74) is 8.30. The van der Waals surface area contributed by atoms with Crippen molar-refractivity contribution in [3.05, 3.63) is 58.9 Å². The highest BCUT2D eigenvalue weighted by Crippen LogP contribution is 2.40. The zero-order valence-electron chi connectivity index (χ0n) is 25.3. The van der Waals surface area contributed by atoms with Gasteiger partial charge in [0.05, 0.1) is 30.4 Å². The number of aryl methyl sites for hydroxylation is 1. The zero-order valence-corrected chi connectivity index (χ0v) is 26.1. The van der Waals surface area contributed by atoms with Crippen molar-refractivity contribution in [2.75, 3.05) is 42.0 Å². The zero-order chi connectivity index (χ0) is 29.7. The van der Waals surface area contributed by atoms with Crippen LogP contribution in [0.25, 0.3) is 0 Å². The molecule has 2 aliphatic rings. The maximum Gasteiger partial charge on any atom is 0.270 e. The number of hydrogen-bond acceptors (Lipinski definition) is 8. The summed E-state index contributed by atoms with van der Waals surface area (Å²) in [6.07, 6.45) is 9.85. The Morgan fingerprint density at radius 2 is 1.78 bits per heavy atom. The van der Waals surface area contributed by atoms with Gasteiger partial charge >= 0.3 is 0 Å². The van der Waals surface area contributed by atoms with Crippen LogP contribution in [-0.2, 0) is 10.2 Å². The molecule has 10 heteroatoms. The molecule has 0 radical (unpaired) electrons. The second-order valence-corrected chi connectivity index (χ2v) is 12.5. The average Bonchev–Trinajstić information content (AvgIpc) is 3.33. The van der Waals surface area contributed by atoms with E-state index in [2.05, 4.69) is 47.7 Å². The SMILES string of the molecule is COc1c(NSC)cc(C(C)(C)C)cc1NC(=O)c1ccc(C)c(N2C=C(C(=O)NCC3CCCCC3)N(C)N2)c1. The lowest BCUT2D eigenvalue weighted by Crippen LogP contribution is -2.41. The van der Waals surface area contributed by atoms with Crippen LogP contribution in [0.15, 0.2) is 42.2 Å².